The fraction of sp³-hybridized carbons (Fsp3) is 0.556. The number of sulfonamides is 1. The number of nitrogens with zero attached hydrogens (tertiary/aromatic N) is 2. The van der Waals surface area contributed by atoms with Crippen molar-refractivity contribution in [2.45, 2.75) is 49.8 Å². The minimum absolute atomic E-state index is 0.0467. The number of rotatable bonds is 8. The fourth-order valence-electron chi connectivity index (χ4n) is 3.16. The molecule has 0 spiro atoms. The summed E-state index contributed by atoms with van der Waals surface area (Å²) in [5, 5.41) is 10.7. The van der Waals surface area contributed by atoms with Gasteiger partial charge in [0.15, 0.2) is 0 Å². The van der Waals surface area contributed by atoms with Gasteiger partial charge in [0.1, 0.15) is 0 Å². The van der Waals surface area contributed by atoms with E-state index in [1.54, 1.807) is 0 Å². The lowest BCUT2D eigenvalue weighted by molar-refractivity contribution is -0.384. The Morgan fingerprint density at radius 1 is 1.14 bits per heavy atom. The quantitative estimate of drug-likeness (QED) is 0.479. The SMILES string of the molecule is CN(CCCC(=O)NNC(=O)C1CCCCC1)S(=O)(=O)c1ccc([N+](=O)[O-])cc1. The molecule has 0 aromatic heterocycles. The Morgan fingerprint density at radius 2 is 1.76 bits per heavy atom. The third kappa shape index (κ3) is 6.50. The average molecular weight is 426 g/mol. The van der Waals surface area contributed by atoms with Crippen LogP contribution in [-0.2, 0) is 19.6 Å². The monoisotopic (exact) mass is 426 g/mol. The fourth-order valence-corrected chi connectivity index (χ4v) is 4.37. The van der Waals surface area contributed by atoms with Gasteiger partial charge in [-0.15, -0.1) is 0 Å². The maximum atomic E-state index is 12.5. The number of nitro groups is 1. The molecule has 2 N–H and O–H groups in total. The minimum Gasteiger partial charge on any atom is -0.273 e. The lowest BCUT2D eigenvalue weighted by Gasteiger charge is -2.21. The van der Waals surface area contributed by atoms with Crippen LogP contribution in [0.15, 0.2) is 29.2 Å². The average Bonchev–Trinajstić information content (AvgIpc) is 2.72. The van der Waals surface area contributed by atoms with Crippen molar-refractivity contribution in [3.63, 3.8) is 0 Å². The van der Waals surface area contributed by atoms with E-state index in [4.69, 9.17) is 0 Å². The van der Waals surface area contributed by atoms with Crippen LogP contribution < -0.4 is 10.9 Å². The molecule has 1 aliphatic rings. The third-order valence-electron chi connectivity index (χ3n) is 4.93. The molecular weight excluding hydrogens is 400 g/mol. The Morgan fingerprint density at radius 3 is 2.34 bits per heavy atom. The van der Waals surface area contributed by atoms with Crippen molar-refractivity contribution < 1.29 is 22.9 Å². The molecule has 0 radical (unpaired) electrons. The van der Waals surface area contributed by atoms with E-state index in [9.17, 15) is 28.1 Å². The second-order valence-electron chi connectivity index (χ2n) is 7.05. The van der Waals surface area contributed by atoms with Gasteiger partial charge < -0.3 is 0 Å². The summed E-state index contributed by atoms with van der Waals surface area (Å²) in [6.07, 6.45) is 5.12. The van der Waals surface area contributed by atoms with Crippen molar-refractivity contribution in [3.8, 4) is 0 Å². The molecular formula is C18H26N4O6S. The second kappa shape index (κ2) is 10.3. The highest BCUT2D eigenvalue weighted by Gasteiger charge is 2.23. The molecule has 1 aliphatic carbocycles. The number of hydrazine groups is 1. The zero-order valence-corrected chi connectivity index (χ0v) is 17.1. The van der Waals surface area contributed by atoms with Crippen molar-refractivity contribution >= 4 is 27.5 Å². The van der Waals surface area contributed by atoms with Crippen molar-refractivity contribution in [1.82, 2.24) is 15.2 Å². The Balaban J connectivity index is 1.76. The lowest BCUT2D eigenvalue weighted by Crippen LogP contribution is -2.45. The van der Waals surface area contributed by atoms with E-state index in [0.717, 1.165) is 48.5 Å². The molecule has 1 aromatic carbocycles. The van der Waals surface area contributed by atoms with Gasteiger partial charge in [0.2, 0.25) is 21.8 Å². The van der Waals surface area contributed by atoms with Crippen LogP contribution in [0.5, 0.6) is 0 Å². The molecule has 2 rings (SSSR count). The Hall–Kier alpha value is -2.53. The van der Waals surface area contributed by atoms with E-state index in [0.29, 0.717) is 0 Å². The summed E-state index contributed by atoms with van der Waals surface area (Å²) in [5.74, 6) is -0.645. The molecule has 29 heavy (non-hydrogen) atoms. The van der Waals surface area contributed by atoms with Gasteiger partial charge in [-0.3, -0.25) is 30.6 Å². The number of nitrogens with one attached hydrogen (secondary N) is 2. The van der Waals surface area contributed by atoms with E-state index in [1.807, 2.05) is 0 Å². The molecule has 0 saturated heterocycles. The summed E-state index contributed by atoms with van der Waals surface area (Å²) in [6.45, 7) is 0.0866. The summed E-state index contributed by atoms with van der Waals surface area (Å²) >= 11 is 0. The molecule has 160 valence electrons. The first kappa shape index (κ1) is 22.8. The number of hydrogen-bond donors (Lipinski definition) is 2. The van der Waals surface area contributed by atoms with E-state index in [2.05, 4.69) is 10.9 Å². The largest absolute Gasteiger partial charge is 0.273 e. The zero-order valence-electron chi connectivity index (χ0n) is 16.3. The van der Waals surface area contributed by atoms with Crippen LogP contribution in [0.2, 0.25) is 0 Å². The molecule has 11 heteroatoms. The molecule has 10 nitrogen and oxygen atoms in total. The number of amides is 2. The highest BCUT2D eigenvalue weighted by Crippen LogP contribution is 2.23. The molecule has 1 aromatic rings. The highest BCUT2D eigenvalue weighted by molar-refractivity contribution is 7.89. The zero-order chi connectivity index (χ0) is 21.4. The number of carbonyl (C=O) groups excluding carboxylic acids is 2. The molecule has 0 heterocycles. The Labute approximate surface area is 169 Å². The first-order chi connectivity index (χ1) is 13.7. The summed E-state index contributed by atoms with van der Waals surface area (Å²) in [4.78, 5) is 33.9. The molecule has 2 amide bonds. The van der Waals surface area contributed by atoms with E-state index in [-0.39, 0.29) is 41.8 Å². The summed E-state index contributed by atoms with van der Waals surface area (Å²) in [5.41, 5.74) is 4.61. The van der Waals surface area contributed by atoms with Crippen LogP contribution in [0.4, 0.5) is 5.69 Å². The maximum absolute atomic E-state index is 12.5. The second-order valence-corrected chi connectivity index (χ2v) is 9.10. The number of benzene rings is 1. The van der Waals surface area contributed by atoms with Gasteiger partial charge in [-0.05, 0) is 31.4 Å². The number of nitro benzene ring substituents is 1. The number of hydrogen-bond acceptors (Lipinski definition) is 6. The van der Waals surface area contributed by atoms with Crippen molar-refractivity contribution in [1.29, 1.82) is 0 Å². The van der Waals surface area contributed by atoms with Crippen LogP contribution in [0.3, 0.4) is 0 Å². The van der Waals surface area contributed by atoms with Gasteiger partial charge in [-0.1, -0.05) is 19.3 Å². The van der Waals surface area contributed by atoms with Gasteiger partial charge in [-0.25, -0.2) is 12.7 Å². The molecule has 0 bridgehead atoms. The van der Waals surface area contributed by atoms with E-state index < -0.39 is 20.9 Å². The molecule has 0 aliphatic heterocycles. The van der Waals surface area contributed by atoms with E-state index >= 15 is 0 Å². The van der Waals surface area contributed by atoms with Crippen molar-refractivity contribution in [3.05, 3.63) is 34.4 Å². The van der Waals surface area contributed by atoms with Gasteiger partial charge in [0, 0.05) is 38.1 Å². The first-order valence-electron chi connectivity index (χ1n) is 9.51. The Bertz CT molecular complexity index is 834. The minimum atomic E-state index is -3.81. The predicted molar refractivity (Wildman–Crippen MR) is 105 cm³/mol. The maximum Gasteiger partial charge on any atom is 0.269 e. The molecule has 1 saturated carbocycles. The third-order valence-corrected chi connectivity index (χ3v) is 6.80. The smallest absolute Gasteiger partial charge is 0.269 e. The van der Waals surface area contributed by atoms with Gasteiger partial charge in [0.25, 0.3) is 5.69 Å². The first-order valence-corrected chi connectivity index (χ1v) is 11.0. The number of carbonyl (C=O) groups is 2. The molecule has 0 unspecified atom stereocenters. The number of non-ortho nitro benzene ring substituents is 1. The normalized spacial score (nSPS) is 15.1. The van der Waals surface area contributed by atoms with Crippen LogP contribution >= 0.6 is 0 Å². The molecule has 0 atom stereocenters. The van der Waals surface area contributed by atoms with Crippen LogP contribution in [0.1, 0.15) is 44.9 Å². The van der Waals surface area contributed by atoms with Gasteiger partial charge >= 0.3 is 0 Å². The standard InChI is InChI=1S/C18H26N4O6S/c1-21(29(27,28)16-11-9-15(10-12-16)22(25)26)13-5-8-17(23)19-20-18(24)14-6-3-2-4-7-14/h9-12,14H,2-8,13H2,1H3,(H,19,23)(H,20,24). The van der Waals surface area contributed by atoms with Crippen LogP contribution in [0, 0.1) is 16.0 Å². The highest BCUT2D eigenvalue weighted by atomic mass is 32.2. The van der Waals surface area contributed by atoms with Crippen LogP contribution in [-0.4, -0.2) is 43.1 Å². The van der Waals surface area contributed by atoms with E-state index in [1.165, 1.54) is 19.2 Å². The summed E-state index contributed by atoms with van der Waals surface area (Å²) < 4.78 is 26.0. The van der Waals surface area contributed by atoms with Crippen molar-refractivity contribution in [2.24, 2.45) is 5.92 Å². The molecule has 1 fully saturated rings. The van der Waals surface area contributed by atoms with Crippen molar-refractivity contribution in [2.75, 3.05) is 13.6 Å². The summed E-state index contributed by atoms with van der Waals surface area (Å²) in [7, 11) is -2.44. The Kier molecular flexibility index (Phi) is 8.09. The lowest BCUT2D eigenvalue weighted by atomic mass is 9.89. The van der Waals surface area contributed by atoms with Gasteiger partial charge in [0.05, 0.1) is 9.82 Å². The summed E-state index contributed by atoms with van der Waals surface area (Å²) in [6, 6.07) is 4.61. The predicted octanol–water partition coefficient (Wildman–Crippen LogP) is 1.72. The topological polar surface area (TPSA) is 139 Å². The van der Waals surface area contributed by atoms with Crippen LogP contribution in [0.25, 0.3) is 0 Å². The van der Waals surface area contributed by atoms with Gasteiger partial charge in [-0.2, -0.15) is 0 Å².